The molecule has 3 heterocycles. The largest absolute Gasteiger partial charge is 0.326 e. The van der Waals surface area contributed by atoms with E-state index < -0.39 is 0 Å². The Kier molecular flexibility index (Phi) is 6.47. The highest BCUT2D eigenvalue weighted by atomic mass is 16.2. The highest BCUT2D eigenvalue weighted by Crippen LogP contribution is 2.45. The summed E-state index contributed by atoms with van der Waals surface area (Å²) >= 11 is 0. The van der Waals surface area contributed by atoms with Crippen LogP contribution in [0.2, 0.25) is 0 Å². The molecule has 3 aliphatic rings. The molecule has 2 fully saturated rings. The summed E-state index contributed by atoms with van der Waals surface area (Å²) < 4.78 is 0. The van der Waals surface area contributed by atoms with Gasteiger partial charge in [0, 0.05) is 26.2 Å². The SMILES string of the molecule is CC1(C)CC=C(c2nc(C3(N4CCNCC4)CCCC3)ccc2NC(=O)c2ncc(C#N)[nH]2)CC1. The van der Waals surface area contributed by atoms with E-state index in [9.17, 15) is 4.79 Å². The second-order valence-corrected chi connectivity index (χ2v) is 10.9. The number of aromatic nitrogens is 3. The van der Waals surface area contributed by atoms with E-state index in [0.29, 0.717) is 5.69 Å². The third-order valence-electron chi connectivity index (χ3n) is 7.96. The monoisotopic (exact) mass is 473 g/mol. The summed E-state index contributed by atoms with van der Waals surface area (Å²) in [7, 11) is 0. The molecule has 1 saturated carbocycles. The van der Waals surface area contributed by atoms with E-state index in [0.717, 1.165) is 69.7 Å². The number of carbonyl (C=O) groups is 1. The minimum atomic E-state index is -0.364. The first-order valence-electron chi connectivity index (χ1n) is 12.8. The molecule has 2 aromatic rings. The van der Waals surface area contributed by atoms with Crippen LogP contribution in [0.5, 0.6) is 0 Å². The maximum atomic E-state index is 13.0. The molecule has 0 unspecified atom stereocenters. The van der Waals surface area contributed by atoms with Crippen LogP contribution in [0, 0.1) is 16.7 Å². The number of pyridine rings is 1. The number of nitrogens with one attached hydrogen (secondary N) is 3. The molecule has 0 aromatic carbocycles. The number of H-pyrrole nitrogens is 1. The van der Waals surface area contributed by atoms with Gasteiger partial charge in [-0.25, -0.2) is 9.97 Å². The van der Waals surface area contributed by atoms with E-state index in [1.165, 1.54) is 24.6 Å². The van der Waals surface area contributed by atoms with Crippen molar-refractivity contribution in [1.82, 2.24) is 25.2 Å². The number of amides is 1. The number of hydrogen-bond donors (Lipinski definition) is 3. The number of allylic oxidation sites excluding steroid dienone is 2. The lowest BCUT2D eigenvalue weighted by Crippen LogP contribution is -2.53. The molecule has 0 spiro atoms. The molecule has 5 rings (SSSR count). The Balaban J connectivity index is 1.52. The van der Waals surface area contributed by atoms with Crippen LogP contribution >= 0.6 is 0 Å². The van der Waals surface area contributed by atoms with E-state index in [-0.39, 0.29) is 28.4 Å². The van der Waals surface area contributed by atoms with Gasteiger partial charge in [-0.05, 0) is 55.2 Å². The Morgan fingerprint density at radius 3 is 2.60 bits per heavy atom. The quantitative estimate of drug-likeness (QED) is 0.600. The molecule has 1 amide bonds. The maximum absolute atomic E-state index is 13.0. The van der Waals surface area contributed by atoms with E-state index in [1.807, 2.05) is 12.1 Å². The summed E-state index contributed by atoms with van der Waals surface area (Å²) in [5.74, 6) is -0.236. The highest BCUT2D eigenvalue weighted by Gasteiger charge is 2.43. The van der Waals surface area contributed by atoms with Gasteiger partial charge in [0.25, 0.3) is 5.91 Å². The summed E-state index contributed by atoms with van der Waals surface area (Å²) in [6.07, 6.45) is 11.4. The van der Waals surface area contributed by atoms with E-state index in [2.05, 4.69) is 51.5 Å². The molecular formula is C27H35N7O. The first-order chi connectivity index (χ1) is 16.9. The first-order valence-corrected chi connectivity index (χ1v) is 12.8. The minimum absolute atomic E-state index is 0.0312. The predicted octanol–water partition coefficient (Wildman–Crippen LogP) is 4.20. The molecule has 8 nitrogen and oxygen atoms in total. The van der Waals surface area contributed by atoms with Gasteiger partial charge in [-0.2, -0.15) is 5.26 Å². The van der Waals surface area contributed by atoms with Gasteiger partial charge in [-0.3, -0.25) is 9.69 Å². The summed E-state index contributed by atoms with van der Waals surface area (Å²) in [5, 5.41) is 15.6. The van der Waals surface area contributed by atoms with Crippen LogP contribution < -0.4 is 10.6 Å². The van der Waals surface area contributed by atoms with Crippen LogP contribution in [-0.4, -0.2) is 51.9 Å². The van der Waals surface area contributed by atoms with Crippen LogP contribution in [0.4, 0.5) is 5.69 Å². The van der Waals surface area contributed by atoms with Crippen molar-refractivity contribution in [2.45, 2.75) is 64.3 Å². The normalized spacial score (nSPS) is 21.8. The molecule has 0 radical (unpaired) electrons. The minimum Gasteiger partial charge on any atom is -0.326 e. The topological polar surface area (TPSA) is 110 Å². The first kappa shape index (κ1) is 23.7. The standard InChI is InChI=1S/C27H35N7O/c1-26(2)11-7-19(8-12-26)23-21(32-25(35)24-30-18-20(17-28)31-24)5-6-22(33-23)27(9-3-4-10-27)34-15-13-29-14-16-34/h5-7,18,29H,3-4,8-16H2,1-2H3,(H,30,31)(H,32,35). The number of hydrogen-bond acceptors (Lipinski definition) is 6. The number of nitrogens with zero attached hydrogens (tertiary/aromatic N) is 4. The predicted molar refractivity (Wildman–Crippen MR) is 136 cm³/mol. The molecule has 35 heavy (non-hydrogen) atoms. The van der Waals surface area contributed by atoms with Crippen molar-refractivity contribution in [3.8, 4) is 6.07 Å². The van der Waals surface area contributed by atoms with Gasteiger partial charge in [0.15, 0.2) is 5.82 Å². The lowest BCUT2D eigenvalue weighted by atomic mass is 9.77. The number of anilines is 1. The van der Waals surface area contributed by atoms with Crippen molar-refractivity contribution < 1.29 is 4.79 Å². The number of rotatable bonds is 5. The number of imidazole rings is 1. The Morgan fingerprint density at radius 1 is 1.17 bits per heavy atom. The molecule has 1 aliphatic heterocycles. The molecule has 184 valence electrons. The molecular weight excluding hydrogens is 438 g/mol. The van der Waals surface area contributed by atoms with Gasteiger partial charge in [-0.15, -0.1) is 0 Å². The molecule has 0 atom stereocenters. The molecule has 8 heteroatoms. The van der Waals surface area contributed by atoms with Crippen molar-refractivity contribution in [2.24, 2.45) is 5.41 Å². The summed E-state index contributed by atoms with van der Waals surface area (Å²) in [5.41, 5.74) is 4.41. The van der Waals surface area contributed by atoms with Gasteiger partial charge in [-0.1, -0.05) is 32.8 Å². The Hall–Kier alpha value is -3.02. The summed E-state index contributed by atoms with van der Waals surface area (Å²) in [4.78, 5) is 27.7. The zero-order valence-electron chi connectivity index (χ0n) is 20.8. The van der Waals surface area contributed by atoms with Crippen molar-refractivity contribution in [3.63, 3.8) is 0 Å². The summed E-state index contributed by atoms with van der Waals surface area (Å²) in [6.45, 7) is 8.69. The molecule has 2 aromatic heterocycles. The van der Waals surface area contributed by atoms with Crippen LogP contribution in [0.15, 0.2) is 24.4 Å². The average Bonchev–Trinajstić information content (AvgIpc) is 3.56. The van der Waals surface area contributed by atoms with Crippen LogP contribution in [0.1, 0.15) is 86.5 Å². The van der Waals surface area contributed by atoms with Gasteiger partial charge >= 0.3 is 0 Å². The number of aromatic amines is 1. The van der Waals surface area contributed by atoms with Gasteiger partial charge in [0.1, 0.15) is 11.8 Å². The number of piperazine rings is 1. The zero-order chi connectivity index (χ0) is 24.5. The van der Waals surface area contributed by atoms with E-state index >= 15 is 0 Å². The smallest absolute Gasteiger partial charge is 0.291 e. The maximum Gasteiger partial charge on any atom is 0.291 e. The molecule has 1 saturated heterocycles. The van der Waals surface area contributed by atoms with Crippen LogP contribution in [0.3, 0.4) is 0 Å². The van der Waals surface area contributed by atoms with Crippen LogP contribution in [-0.2, 0) is 5.54 Å². The van der Waals surface area contributed by atoms with Crippen molar-refractivity contribution in [3.05, 3.63) is 47.3 Å². The fraction of sp³-hybridized carbons (Fsp3) is 0.556. The van der Waals surface area contributed by atoms with Gasteiger partial charge in [0.05, 0.1) is 28.8 Å². The lowest BCUT2D eigenvalue weighted by molar-refractivity contribution is 0.0720. The fourth-order valence-corrected chi connectivity index (χ4v) is 5.82. The van der Waals surface area contributed by atoms with E-state index in [1.54, 1.807) is 0 Å². The Bertz CT molecular complexity index is 1160. The number of carbonyl (C=O) groups excluding carboxylic acids is 1. The van der Waals surface area contributed by atoms with Gasteiger partial charge < -0.3 is 15.6 Å². The summed E-state index contributed by atoms with van der Waals surface area (Å²) in [6, 6.07) is 6.12. The van der Waals surface area contributed by atoms with Crippen LogP contribution in [0.25, 0.3) is 5.57 Å². The molecule has 2 aliphatic carbocycles. The van der Waals surface area contributed by atoms with Crippen molar-refractivity contribution >= 4 is 17.2 Å². The van der Waals surface area contributed by atoms with Crippen molar-refractivity contribution in [1.29, 1.82) is 5.26 Å². The lowest BCUT2D eigenvalue weighted by Gasteiger charge is -2.43. The molecule has 0 bridgehead atoms. The van der Waals surface area contributed by atoms with Gasteiger partial charge in [0.2, 0.25) is 0 Å². The second-order valence-electron chi connectivity index (χ2n) is 10.9. The Morgan fingerprint density at radius 2 is 1.94 bits per heavy atom. The third kappa shape index (κ3) is 4.75. The Labute approximate surface area is 207 Å². The third-order valence-corrected chi connectivity index (χ3v) is 7.96. The zero-order valence-corrected chi connectivity index (χ0v) is 20.8. The highest BCUT2D eigenvalue weighted by molar-refractivity contribution is 6.03. The average molecular weight is 474 g/mol. The fourth-order valence-electron chi connectivity index (χ4n) is 5.82. The van der Waals surface area contributed by atoms with E-state index in [4.69, 9.17) is 10.2 Å². The van der Waals surface area contributed by atoms with Crippen molar-refractivity contribution in [2.75, 3.05) is 31.5 Å². The molecule has 3 N–H and O–H groups in total. The second kappa shape index (κ2) is 9.56. The number of nitriles is 1.